The van der Waals surface area contributed by atoms with Crippen LogP contribution in [0.1, 0.15) is 49.9 Å². The van der Waals surface area contributed by atoms with Crippen LogP contribution in [-0.4, -0.2) is 17.1 Å². The third-order valence-corrected chi connectivity index (χ3v) is 2.75. The number of aromatic amines is 1. The van der Waals surface area contributed by atoms with E-state index in [0.717, 1.165) is 25.0 Å². The molecular weight excluding hydrogens is 204 g/mol. The molecule has 0 saturated heterocycles. The minimum Gasteiger partial charge on any atom is -0.374 e. The summed E-state index contributed by atoms with van der Waals surface area (Å²) < 4.78 is 5.34. The quantitative estimate of drug-likeness (QED) is 0.833. The van der Waals surface area contributed by atoms with Gasteiger partial charge in [0, 0.05) is 12.7 Å². The molecule has 1 atom stereocenters. The van der Waals surface area contributed by atoms with Gasteiger partial charge in [-0.05, 0) is 19.8 Å². The number of aryl methyl sites for hydroxylation is 1. The first-order valence-electron chi connectivity index (χ1n) is 5.76. The van der Waals surface area contributed by atoms with Crippen molar-refractivity contribution in [3.63, 3.8) is 0 Å². The van der Waals surface area contributed by atoms with Crippen LogP contribution in [0.15, 0.2) is 4.79 Å². The zero-order chi connectivity index (χ0) is 12.1. The second-order valence-electron chi connectivity index (χ2n) is 3.89. The molecule has 90 valence electrons. The Balaban J connectivity index is 3.14. The number of methoxy groups -OCH3 is 1. The van der Waals surface area contributed by atoms with Crippen LogP contribution in [0.4, 0.5) is 0 Å². The SMILES string of the molecule is CCCC(OC)c1nc(CC)c(C)c(=O)[nH]1. The Bertz CT molecular complexity index is 398. The van der Waals surface area contributed by atoms with Crippen molar-refractivity contribution in [2.45, 2.75) is 46.1 Å². The standard InChI is InChI=1S/C12H20N2O2/c1-5-7-10(16-4)11-13-9(6-2)8(3)12(15)14-11/h10H,5-7H2,1-4H3,(H,13,14,15). The van der Waals surface area contributed by atoms with Gasteiger partial charge in [-0.3, -0.25) is 4.79 Å². The molecular formula is C12H20N2O2. The summed E-state index contributed by atoms with van der Waals surface area (Å²) in [5.74, 6) is 0.650. The number of nitrogens with zero attached hydrogens (tertiary/aromatic N) is 1. The Morgan fingerprint density at radius 3 is 2.62 bits per heavy atom. The number of nitrogens with one attached hydrogen (secondary N) is 1. The first-order valence-corrected chi connectivity index (χ1v) is 5.76. The predicted molar refractivity (Wildman–Crippen MR) is 63.6 cm³/mol. The smallest absolute Gasteiger partial charge is 0.254 e. The fourth-order valence-corrected chi connectivity index (χ4v) is 1.72. The van der Waals surface area contributed by atoms with Gasteiger partial charge in [0.15, 0.2) is 0 Å². The van der Waals surface area contributed by atoms with Gasteiger partial charge in [0.2, 0.25) is 0 Å². The lowest BCUT2D eigenvalue weighted by atomic mass is 10.1. The van der Waals surface area contributed by atoms with Crippen LogP contribution in [0.25, 0.3) is 0 Å². The summed E-state index contributed by atoms with van der Waals surface area (Å²) in [6.07, 6.45) is 2.53. The molecule has 0 radical (unpaired) electrons. The van der Waals surface area contributed by atoms with Crippen LogP contribution in [0, 0.1) is 6.92 Å². The molecule has 0 aliphatic carbocycles. The molecule has 1 N–H and O–H groups in total. The summed E-state index contributed by atoms with van der Waals surface area (Å²) in [5.41, 5.74) is 1.51. The van der Waals surface area contributed by atoms with Gasteiger partial charge in [0.25, 0.3) is 5.56 Å². The van der Waals surface area contributed by atoms with Crippen molar-refractivity contribution < 1.29 is 4.74 Å². The van der Waals surface area contributed by atoms with E-state index < -0.39 is 0 Å². The fourth-order valence-electron chi connectivity index (χ4n) is 1.72. The van der Waals surface area contributed by atoms with Gasteiger partial charge in [0.05, 0.1) is 5.69 Å². The van der Waals surface area contributed by atoms with Gasteiger partial charge < -0.3 is 9.72 Å². The number of hydrogen-bond donors (Lipinski definition) is 1. The number of H-pyrrole nitrogens is 1. The van der Waals surface area contributed by atoms with Crippen molar-refractivity contribution in [3.8, 4) is 0 Å². The minimum absolute atomic E-state index is 0.0556. The predicted octanol–water partition coefficient (Wildman–Crippen LogP) is 2.13. The molecule has 4 nitrogen and oxygen atoms in total. The second kappa shape index (κ2) is 5.80. The molecule has 0 saturated carbocycles. The van der Waals surface area contributed by atoms with Crippen LogP contribution in [0.3, 0.4) is 0 Å². The average Bonchev–Trinajstić information content (AvgIpc) is 2.29. The molecule has 16 heavy (non-hydrogen) atoms. The molecule has 4 heteroatoms. The molecule has 0 aromatic carbocycles. The average molecular weight is 224 g/mol. The van der Waals surface area contributed by atoms with Crippen LogP contribution < -0.4 is 5.56 Å². The lowest BCUT2D eigenvalue weighted by molar-refractivity contribution is 0.0871. The van der Waals surface area contributed by atoms with E-state index in [2.05, 4.69) is 16.9 Å². The van der Waals surface area contributed by atoms with Gasteiger partial charge in [-0.1, -0.05) is 20.3 Å². The van der Waals surface area contributed by atoms with Crippen LogP contribution in [0.2, 0.25) is 0 Å². The topological polar surface area (TPSA) is 55.0 Å². The summed E-state index contributed by atoms with van der Waals surface area (Å²) in [6, 6.07) is 0. The van der Waals surface area contributed by atoms with E-state index in [-0.39, 0.29) is 11.7 Å². The fraction of sp³-hybridized carbons (Fsp3) is 0.667. The van der Waals surface area contributed by atoms with E-state index in [0.29, 0.717) is 11.4 Å². The van der Waals surface area contributed by atoms with E-state index in [4.69, 9.17) is 4.74 Å². The van der Waals surface area contributed by atoms with Crippen LogP contribution in [-0.2, 0) is 11.2 Å². The van der Waals surface area contributed by atoms with Crippen molar-refractivity contribution in [1.82, 2.24) is 9.97 Å². The summed E-state index contributed by atoms with van der Waals surface area (Å²) in [7, 11) is 1.64. The van der Waals surface area contributed by atoms with Crippen molar-refractivity contribution in [1.29, 1.82) is 0 Å². The lowest BCUT2D eigenvalue weighted by Crippen LogP contribution is -2.20. The summed E-state index contributed by atoms with van der Waals surface area (Å²) >= 11 is 0. The molecule has 1 rings (SSSR count). The molecule has 0 amide bonds. The Hall–Kier alpha value is -1.16. The molecule has 0 fully saturated rings. The summed E-state index contributed by atoms with van der Waals surface area (Å²) in [5, 5.41) is 0. The van der Waals surface area contributed by atoms with Gasteiger partial charge in [-0.15, -0.1) is 0 Å². The third-order valence-electron chi connectivity index (χ3n) is 2.75. The Labute approximate surface area is 96.1 Å². The van der Waals surface area contributed by atoms with E-state index in [1.165, 1.54) is 0 Å². The van der Waals surface area contributed by atoms with E-state index >= 15 is 0 Å². The van der Waals surface area contributed by atoms with E-state index in [1.807, 2.05) is 6.92 Å². The largest absolute Gasteiger partial charge is 0.374 e. The maximum Gasteiger partial charge on any atom is 0.254 e. The highest BCUT2D eigenvalue weighted by Crippen LogP contribution is 2.18. The molecule has 0 bridgehead atoms. The number of ether oxygens (including phenoxy) is 1. The van der Waals surface area contributed by atoms with Crippen molar-refractivity contribution in [3.05, 3.63) is 27.4 Å². The number of aromatic nitrogens is 2. The number of hydrogen-bond acceptors (Lipinski definition) is 3. The summed E-state index contributed by atoms with van der Waals surface area (Å²) in [4.78, 5) is 18.9. The highest BCUT2D eigenvalue weighted by Gasteiger charge is 2.14. The second-order valence-corrected chi connectivity index (χ2v) is 3.89. The molecule has 1 aromatic rings. The van der Waals surface area contributed by atoms with Gasteiger partial charge in [-0.25, -0.2) is 4.98 Å². The highest BCUT2D eigenvalue weighted by atomic mass is 16.5. The Morgan fingerprint density at radius 2 is 2.12 bits per heavy atom. The zero-order valence-electron chi connectivity index (χ0n) is 10.5. The van der Waals surface area contributed by atoms with E-state index in [1.54, 1.807) is 14.0 Å². The molecule has 1 heterocycles. The first-order chi connectivity index (χ1) is 7.63. The van der Waals surface area contributed by atoms with Gasteiger partial charge >= 0.3 is 0 Å². The zero-order valence-corrected chi connectivity index (χ0v) is 10.5. The molecule has 1 aromatic heterocycles. The van der Waals surface area contributed by atoms with Crippen molar-refractivity contribution >= 4 is 0 Å². The van der Waals surface area contributed by atoms with Crippen LogP contribution in [0.5, 0.6) is 0 Å². The summed E-state index contributed by atoms with van der Waals surface area (Å²) in [6.45, 7) is 5.88. The molecule has 1 unspecified atom stereocenters. The normalized spacial score (nSPS) is 12.8. The highest BCUT2D eigenvalue weighted by molar-refractivity contribution is 5.16. The van der Waals surface area contributed by atoms with Gasteiger partial charge in [-0.2, -0.15) is 0 Å². The maximum atomic E-state index is 11.7. The molecule has 0 spiro atoms. The van der Waals surface area contributed by atoms with E-state index in [9.17, 15) is 4.79 Å². The van der Waals surface area contributed by atoms with Crippen molar-refractivity contribution in [2.75, 3.05) is 7.11 Å². The van der Waals surface area contributed by atoms with Crippen molar-refractivity contribution in [2.24, 2.45) is 0 Å². The molecule has 0 aliphatic rings. The monoisotopic (exact) mass is 224 g/mol. The molecule has 0 aliphatic heterocycles. The maximum absolute atomic E-state index is 11.7. The van der Waals surface area contributed by atoms with Gasteiger partial charge in [0.1, 0.15) is 11.9 Å². The number of rotatable bonds is 5. The van der Waals surface area contributed by atoms with Crippen LogP contribution >= 0.6 is 0 Å². The third kappa shape index (κ3) is 2.70. The Morgan fingerprint density at radius 1 is 1.44 bits per heavy atom. The minimum atomic E-state index is -0.108. The first kappa shape index (κ1) is 12.9. The Kier molecular flexibility index (Phi) is 4.68. The lowest BCUT2D eigenvalue weighted by Gasteiger charge is -2.14.